The van der Waals surface area contributed by atoms with Crippen molar-refractivity contribution >= 4 is 40.0 Å². The Morgan fingerprint density at radius 3 is 2.62 bits per heavy atom. The van der Waals surface area contributed by atoms with Gasteiger partial charge in [-0.2, -0.15) is 0 Å². The number of hydrogen-bond acceptors (Lipinski definition) is 5. The molecular formula is C25H26Cl2FN3O3. The van der Waals surface area contributed by atoms with Crippen molar-refractivity contribution in [1.29, 1.82) is 0 Å². The maximum Gasteiger partial charge on any atom is 0.270 e. The van der Waals surface area contributed by atoms with Crippen molar-refractivity contribution in [3.63, 3.8) is 0 Å². The van der Waals surface area contributed by atoms with Gasteiger partial charge in [0.1, 0.15) is 30.0 Å². The molecule has 0 aliphatic heterocycles. The molecule has 1 heterocycles. The highest BCUT2D eigenvalue weighted by atomic mass is 35.5. The van der Waals surface area contributed by atoms with Crippen molar-refractivity contribution in [2.24, 2.45) is 0 Å². The third-order valence-corrected chi connectivity index (χ3v) is 6.46. The molecule has 3 N–H and O–H groups in total. The van der Waals surface area contributed by atoms with Gasteiger partial charge in [-0.15, -0.1) is 0 Å². The number of halogens is 3. The Balaban J connectivity index is 1.18. The second kappa shape index (κ2) is 11.3. The molecule has 2 aromatic carbocycles. The van der Waals surface area contributed by atoms with E-state index in [0.717, 1.165) is 36.6 Å². The molecule has 0 spiro atoms. The van der Waals surface area contributed by atoms with Gasteiger partial charge in [0.15, 0.2) is 0 Å². The van der Waals surface area contributed by atoms with Crippen LogP contribution in [0, 0.1) is 5.82 Å². The van der Waals surface area contributed by atoms with Crippen LogP contribution in [0.5, 0.6) is 5.75 Å². The van der Waals surface area contributed by atoms with Crippen LogP contribution >= 0.6 is 23.2 Å². The van der Waals surface area contributed by atoms with Crippen LogP contribution in [0.4, 0.5) is 4.39 Å². The Labute approximate surface area is 207 Å². The number of carbonyl (C=O) groups is 1. The second-order valence-corrected chi connectivity index (χ2v) is 9.35. The van der Waals surface area contributed by atoms with E-state index in [-0.39, 0.29) is 29.6 Å². The lowest BCUT2D eigenvalue weighted by atomic mass is 9.91. The normalized spacial score (nSPS) is 19.1. The fraction of sp³-hybridized carbons (Fsp3) is 0.360. The molecule has 3 aromatic rings. The number of fused-ring (bicyclic) bond motifs is 1. The minimum Gasteiger partial charge on any atom is -0.491 e. The SMILES string of the molecule is O=C(N[C@H]1CC[C@H](NCC(O)COc2ccc(Cl)c(F)c2)CC1)c1ccc2cc(Cl)ccc2n1. The quantitative estimate of drug-likeness (QED) is 0.411. The standard InChI is InChI=1S/C25H26Cl2FN3O3/c26-16-2-10-23-15(11-16)1-9-24(31-23)25(33)30-18-5-3-17(4-6-18)29-13-19(32)14-34-20-7-8-21(27)22(28)12-20/h1-2,7-12,17-19,29,32H,3-6,13-14H2,(H,30,33)/t17-,18-,19?. The van der Waals surface area contributed by atoms with Crippen LogP contribution in [0.2, 0.25) is 10.0 Å². The Hall–Kier alpha value is -2.45. The van der Waals surface area contributed by atoms with Crippen molar-refractivity contribution < 1.29 is 19.0 Å². The van der Waals surface area contributed by atoms with Gasteiger partial charge in [-0.3, -0.25) is 4.79 Å². The number of carbonyl (C=O) groups excluding carboxylic acids is 1. The molecule has 1 aromatic heterocycles. The summed E-state index contributed by atoms with van der Waals surface area (Å²) in [5.74, 6) is -0.418. The number of pyridine rings is 1. The molecule has 180 valence electrons. The van der Waals surface area contributed by atoms with Gasteiger partial charge in [-0.05, 0) is 62.1 Å². The molecule has 34 heavy (non-hydrogen) atoms. The fourth-order valence-electron chi connectivity index (χ4n) is 4.04. The van der Waals surface area contributed by atoms with Crippen molar-refractivity contribution in [3.8, 4) is 5.75 Å². The number of aliphatic hydroxyl groups is 1. The maximum atomic E-state index is 13.5. The number of aliphatic hydroxyl groups excluding tert-OH is 1. The molecule has 1 saturated carbocycles. The van der Waals surface area contributed by atoms with Crippen LogP contribution < -0.4 is 15.4 Å². The molecule has 0 saturated heterocycles. The lowest BCUT2D eigenvalue weighted by Gasteiger charge is -2.30. The first kappa shape index (κ1) is 24.7. The van der Waals surface area contributed by atoms with Crippen LogP contribution in [0.15, 0.2) is 48.5 Å². The Morgan fingerprint density at radius 2 is 1.85 bits per heavy atom. The largest absolute Gasteiger partial charge is 0.491 e. The van der Waals surface area contributed by atoms with Gasteiger partial charge in [0.2, 0.25) is 0 Å². The summed E-state index contributed by atoms with van der Waals surface area (Å²) in [5, 5.41) is 18.2. The maximum absolute atomic E-state index is 13.5. The minimum atomic E-state index is -0.731. The van der Waals surface area contributed by atoms with Crippen molar-refractivity contribution in [1.82, 2.24) is 15.6 Å². The van der Waals surface area contributed by atoms with Crippen molar-refractivity contribution in [3.05, 3.63) is 70.1 Å². The van der Waals surface area contributed by atoms with Crippen LogP contribution in [0.3, 0.4) is 0 Å². The molecule has 1 amide bonds. The lowest BCUT2D eigenvalue weighted by Crippen LogP contribution is -2.44. The van der Waals surface area contributed by atoms with E-state index in [2.05, 4.69) is 15.6 Å². The first-order chi connectivity index (χ1) is 16.4. The zero-order valence-electron chi connectivity index (χ0n) is 18.4. The average molecular weight is 506 g/mol. The Kier molecular flexibility index (Phi) is 8.21. The summed E-state index contributed by atoms with van der Waals surface area (Å²) in [7, 11) is 0. The molecule has 1 aliphatic rings. The molecular weight excluding hydrogens is 480 g/mol. The monoisotopic (exact) mass is 505 g/mol. The molecule has 6 nitrogen and oxygen atoms in total. The predicted octanol–water partition coefficient (Wildman–Crippen LogP) is 4.75. The predicted molar refractivity (Wildman–Crippen MR) is 131 cm³/mol. The smallest absolute Gasteiger partial charge is 0.270 e. The minimum absolute atomic E-state index is 0.0280. The number of hydrogen-bond donors (Lipinski definition) is 3. The molecule has 9 heteroatoms. The molecule has 0 radical (unpaired) electrons. The zero-order valence-corrected chi connectivity index (χ0v) is 20.0. The van der Waals surface area contributed by atoms with E-state index in [1.807, 2.05) is 12.1 Å². The summed E-state index contributed by atoms with van der Waals surface area (Å²) in [6, 6.07) is 13.4. The highest BCUT2D eigenvalue weighted by Gasteiger charge is 2.23. The van der Waals surface area contributed by atoms with Crippen LogP contribution in [-0.4, -0.2) is 47.3 Å². The van der Waals surface area contributed by atoms with E-state index in [0.29, 0.717) is 23.0 Å². The number of amides is 1. The highest BCUT2D eigenvalue weighted by molar-refractivity contribution is 6.31. The molecule has 4 rings (SSSR count). The first-order valence-corrected chi connectivity index (χ1v) is 12.0. The number of aromatic nitrogens is 1. The van der Waals surface area contributed by atoms with Crippen molar-refractivity contribution in [2.75, 3.05) is 13.2 Å². The van der Waals surface area contributed by atoms with Gasteiger partial charge in [0.25, 0.3) is 5.91 Å². The van der Waals surface area contributed by atoms with Gasteiger partial charge in [0.05, 0.1) is 10.5 Å². The summed E-state index contributed by atoms with van der Waals surface area (Å²) >= 11 is 11.7. The van der Waals surface area contributed by atoms with Gasteiger partial charge in [-0.1, -0.05) is 29.3 Å². The Bertz CT molecular complexity index is 1160. The zero-order chi connectivity index (χ0) is 24.1. The number of benzene rings is 2. The van der Waals surface area contributed by atoms with E-state index >= 15 is 0 Å². The molecule has 1 aliphatic carbocycles. The van der Waals surface area contributed by atoms with E-state index in [9.17, 15) is 14.3 Å². The van der Waals surface area contributed by atoms with E-state index in [4.69, 9.17) is 27.9 Å². The molecule has 1 atom stereocenters. The van der Waals surface area contributed by atoms with E-state index in [1.165, 1.54) is 12.1 Å². The Morgan fingerprint density at radius 1 is 1.09 bits per heavy atom. The lowest BCUT2D eigenvalue weighted by molar-refractivity contribution is 0.0910. The second-order valence-electron chi connectivity index (χ2n) is 8.50. The number of nitrogens with zero attached hydrogens (tertiary/aromatic N) is 1. The van der Waals surface area contributed by atoms with Gasteiger partial charge in [-0.25, -0.2) is 9.37 Å². The van der Waals surface area contributed by atoms with Crippen LogP contribution in [-0.2, 0) is 0 Å². The number of rotatable bonds is 8. The number of ether oxygens (including phenoxy) is 1. The topological polar surface area (TPSA) is 83.5 Å². The summed E-state index contributed by atoms with van der Waals surface area (Å²) in [6.45, 7) is 0.410. The molecule has 0 bridgehead atoms. The average Bonchev–Trinajstić information content (AvgIpc) is 2.84. The summed E-state index contributed by atoms with van der Waals surface area (Å²) in [6.07, 6.45) is 2.70. The number of nitrogens with one attached hydrogen (secondary N) is 2. The van der Waals surface area contributed by atoms with E-state index in [1.54, 1.807) is 24.3 Å². The fourth-order valence-corrected chi connectivity index (χ4v) is 4.34. The van der Waals surface area contributed by atoms with E-state index < -0.39 is 11.9 Å². The van der Waals surface area contributed by atoms with Gasteiger partial charge >= 0.3 is 0 Å². The summed E-state index contributed by atoms with van der Waals surface area (Å²) in [5.41, 5.74) is 1.12. The summed E-state index contributed by atoms with van der Waals surface area (Å²) < 4.78 is 18.9. The van der Waals surface area contributed by atoms with Gasteiger partial charge in [0, 0.05) is 35.1 Å². The highest BCUT2D eigenvalue weighted by Crippen LogP contribution is 2.22. The third kappa shape index (κ3) is 6.57. The first-order valence-electron chi connectivity index (χ1n) is 11.2. The molecule has 1 fully saturated rings. The van der Waals surface area contributed by atoms with Crippen LogP contribution in [0.25, 0.3) is 10.9 Å². The van der Waals surface area contributed by atoms with Crippen molar-refractivity contribution in [2.45, 2.75) is 43.9 Å². The third-order valence-electron chi connectivity index (χ3n) is 5.92. The molecule has 1 unspecified atom stereocenters. The van der Waals surface area contributed by atoms with Gasteiger partial charge < -0.3 is 20.5 Å². The van der Waals surface area contributed by atoms with Crippen LogP contribution in [0.1, 0.15) is 36.2 Å². The summed E-state index contributed by atoms with van der Waals surface area (Å²) in [4.78, 5) is 17.1.